The Hall–Kier alpha value is -3.86. The zero-order valence-electron chi connectivity index (χ0n) is 16.0. The van der Waals surface area contributed by atoms with Crippen molar-refractivity contribution >= 4 is 11.7 Å². The van der Waals surface area contributed by atoms with Crippen LogP contribution in [-0.4, -0.2) is 15.6 Å². The summed E-state index contributed by atoms with van der Waals surface area (Å²) in [5.74, 6) is 0.894. The molecule has 0 saturated carbocycles. The molecule has 4 aromatic rings. The lowest BCUT2D eigenvalue weighted by atomic mass is 10.1. The molecule has 0 spiro atoms. The molecule has 0 saturated heterocycles. The third-order valence-corrected chi connectivity index (χ3v) is 5.32. The van der Waals surface area contributed by atoms with E-state index in [9.17, 15) is 4.79 Å². The van der Waals surface area contributed by atoms with Crippen LogP contribution in [0.1, 0.15) is 23.0 Å². The van der Waals surface area contributed by atoms with Gasteiger partial charge < -0.3 is 15.2 Å². The number of hydrogen-bond acceptors (Lipinski definition) is 2. The third-order valence-electron chi connectivity index (χ3n) is 5.32. The van der Waals surface area contributed by atoms with Crippen molar-refractivity contribution in [3.05, 3.63) is 102 Å². The van der Waals surface area contributed by atoms with E-state index in [0.29, 0.717) is 0 Å². The molecular weight excluding hydrogens is 360 g/mol. The average molecular weight is 380 g/mol. The summed E-state index contributed by atoms with van der Waals surface area (Å²) in [6.45, 7) is 1.95. The summed E-state index contributed by atoms with van der Waals surface area (Å²) in [6, 6.07) is 23.7. The van der Waals surface area contributed by atoms with Gasteiger partial charge in [0.1, 0.15) is 5.82 Å². The quantitative estimate of drug-likeness (QED) is 0.521. The van der Waals surface area contributed by atoms with E-state index in [1.54, 1.807) is 6.20 Å². The van der Waals surface area contributed by atoms with Crippen molar-refractivity contribution in [2.24, 2.45) is 0 Å². The summed E-state index contributed by atoms with van der Waals surface area (Å²) in [4.78, 5) is 17.1. The molecular formula is C24H20N4O. The van der Waals surface area contributed by atoms with Gasteiger partial charge in [0, 0.05) is 23.8 Å². The number of aromatic nitrogens is 2. The standard InChI is InChI=1S/C24H20N4O/c1-16-25-13-14-28(16)18-8-6-7-17(15-18)26-24(29)27-23-21-11-4-2-9-19(21)20-10-3-5-12-22(20)23/h2-15,23H,1H3,(H2,26,27,29). The number of carbonyl (C=O) groups is 1. The molecule has 0 radical (unpaired) electrons. The molecule has 1 aliphatic rings. The Morgan fingerprint density at radius 1 is 0.931 bits per heavy atom. The Morgan fingerprint density at radius 2 is 1.62 bits per heavy atom. The van der Waals surface area contributed by atoms with Crippen LogP contribution in [0.2, 0.25) is 0 Å². The topological polar surface area (TPSA) is 59.0 Å². The largest absolute Gasteiger partial charge is 0.327 e. The van der Waals surface area contributed by atoms with Crippen LogP contribution < -0.4 is 10.6 Å². The summed E-state index contributed by atoms with van der Waals surface area (Å²) >= 11 is 0. The normalized spacial score (nSPS) is 12.3. The molecule has 0 aliphatic heterocycles. The molecule has 1 aromatic heterocycles. The van der Waals surface area contributed by atoms with Gasteiger partial charge in [0.25, 0.3) is 0 Å². The van der Waals surface area contributed by atoms with Gasteiger partial charge in [0.05, 0.1) is 6.04 Å². The molecule has 0 bridgehead atoms. The van der Waals surface area contributed by atoms with Crippen molar-refractivity contribution in [3.63, 3.8) is 0 Å². The second-order valence-electron chi connectivity index (χ2n) is 7.10. The molecule has 0 atom stereocenters. The van der Waals surface area contributed by atoms with E-state index in [1.165, 1.54) is 11.1 Å². The molecule has 29 heavy (non-hydrogen) atoms. The predicted octanol–water partition coefficient (Wildman–Crippen LogP) is 5.07. The predicted molar refractivity (Wildman–Crippen MR) is 114 cm³/mol. The van der Waals surface area contributed by atoms with Gasteiger partial charge in [-0.2, -0.15) is 0 Å². The average Bonchev–Trinajstić information content (AvgIpc) is 3.30. The smallest absolute Gasteiger partial charge is 0.319 e. The number of benzene rings is 3. The Morgan fingerprint density at radius 3 is 2.28 bits per heavy atom. The van der Waals surface area contributed by atoms with Crippen LogP contribution >= 0.6 is 0 Å². The highest BCUT2D eigenvalue weighted by atomic mass is 16.2. The Bertz CT molecular complexity index is 1170. The van der Waals surface area contributed by atoms with E-state index in [4.69, 9.17) is 0 Å². The number of amides is 2. The van der Waals surface area contributed by atoms with Crippen LogP contribution in [0.3, 0.4) is 0 Å². The highest BCUT2D eigenvalue weighted by molar-refractivity contribution is 5.91. The fourth-order valence-corrected chi connectivity index (χ4v) is 3.99. The molecule has 1 heterocycles. The molecule has 5 heteroatoms. The minimum atomic E-state index is -0.235. The van der Waals surface area contributed by atoms with E-state index >= 15 is 0 Å². The number of anilines is 1. The Kier molecular flexibility index (Phi) is 4.13. The SMILES string of the molecule is Cc1nccn1-c1cccc(NC(=O)NC2c3ccccc3-c3ccccc32)c1. The first-order valence-corrected chi connectivity index (χ1v) is 9.57. The van der Waals surface area contributed by atoms with Gasteiger partial charge in [-0.1, -0.05) is 54.6 Å². The van der Waals surface area contributed by atoms with Crippen molar-refractivity contribution in [1.82, 2.24) is 14.9 Å². The molecule has 5 nitrogen and oxygen atoms in total. The molecule has 2 amide bonds. The zero-order valence-corrected chi connectivity index (χ0v) is 16.0. The number of rotatable bonds is 3. The number of fused-ring (bicyclic) bond motifs is 3. The van der Waals surface area contributed by atoms with Crippen molar-refractivity contribution in [3.8, 4) is 16.8 Å². The van der Waals surface area contributed by atoms with Crippen LogP contribution in [0.15, 0.2) is 85.2 Å². The van der Waals surface area contributed by atoms with E-state index < -0.39 is 0 Å². The number of hydrogen-bond donors (Lipinski definition) is 2. The molecule has 5 rings (SSSR count). The van der Waals surface area contributed by atoms with Crippen molar-refractivity contribution < 1.29 is 4.79 Å². The van der Waals surface area contributed by atoms with Gasteiger partial charge in [-0.15, -0.1) is 0 Å². The molecule has 142 valence electrons. The van der Waals surface area contributed by atoms with E-state index in [-0.39, 0.29) is 12.1 Å². The van der Waals surface area contributed by atoms with Gasteiger partial charge in [-0.05, 0) is 47.4 Å². The number of carbonyl (C=O) groups excluding carboxylic acids is 1. The number of nitrogens with zero attached hydrogens (tertiary/aromatic N) is 2. The maximum Gasteiger partial charge on any atom is 0.319 e. The third kappa shape index (κ3) is 3.06. The fourth-order valence-electron chi connectivity index (χ4n) is 3.99. The van der Waals surface area contributed by atoms with Crippen molar-refractivity contribution in [1.29, 1.82) is 0 Å². The highest BCUT2D eigenvalue weighted by Crippen LogP contribution is 2.42. The second kappa shape index (κ2) is 6.95. The summed E-state index contributed by atoms with van der Waals surface area (Å²) < 4.78 is 1.98. The Labute approximate surface area is 169 Å². The maximum atomic E-state index is 12.8. The summed E-state index contributed by atoms with van der Waals surface area (Å²) in [5, 5.41) is 6.10. The van der Waals surface area contributed by atoms with Gasteiger partial charge >= 0.3 is 6.03 Å². The zero-order chi connectivity index (χ0) is 19.8. The lowest BCUT2D eigenvalue weighted by molar-refractivity contribution is 0.250. The van der Waals surface area contributed by atoms with Crippen LogP contribution in [-0.2, 0) is 0 Å². The first-order chi connectivity index (χ1) is 14.2. The van der Waals surface area contributed by atoms with Crippen LogP contribution in [0.5, 0.6) is 0 Å². The minimum Gasteiger partial charge on any atom is -0.327 e. The van der Waals surface area contributed by atoms with Gasteiger partial charge in [-0.25, -0.2) is 9.78 Å². The van der Waals surface area contributed by atoms with Crippen LogP contribution in [0.4, 0.5) is 10.5 Å². The molecule has 1 aliphatic carbocycles. The van der Waals surface area contributed by atoms with Gasteiger partial charge in [0.2, 0.25) is 0 Å². The van der Waals surface area contributed by atoms with Crippen molar-refractivity contribution in [2.75, 3.05) is 5.32 Å². The number of aryl methyl sites for hydroxylation is 1. The summed E-state index contributed by atoms with van der Waals surface area (Å²) in [5.41, 5.74) is 6.26. The Balaban J connectivity index is 1.39. The highest BCUT2D eigenvalue weighted by Gasteiger charge is 2.29. The minimum absolute atomic E-state index is 0.165. The van der Waals surface area contributed by atoms with Gasteiger partial charge in [0.15, 0.2) is 0 Å². The van der Waals surface area contributed by atoms with E-state index in [2.05, 4.69) is 39.9 Å². The first-order valence-electron chi connectivity index (χ1n) is 9.57. The lowest BCUT2D eigenvalue weighted by Gasteiger charge is -2.17. The second-order valence-corrected chi connectivity index (χ2v) is 7.10. The summed E-state index contributed by atoms with van der Waals surface area (Å²) in [6.07, 6.45) is 3.66. The lowest BCUT2D eigenvalue weighted by Crippen LogP contribution is -2.32. The number of nitrogens with one attached hydrogen (secondary N) is 2. The fraction of sp³-hybridized carbons (Fsp3) is 0.0833. The van der Waals surface area contributed by atoms with E-state index in [0.717, 1.165) is 28.3 Å². The molecule has 0 fully saturated rings. The summed E-state index contributed by atoms with van der Waals surface area (Å²) in [7, 11) is 0. The maximum absolute atomic E-state index is 12.8. The molecule has 2 N–H and O–H groups in total. The van der Waals surface area contributed by atoms with Crippen molar-refractivity contribution in [2.45, 2.75) is 13.0 Å². The van der Waals surface area contributed by atoms with E-state index in [1.807, 2.05) is 66.2 Å². The molecule has 0 unspecified atom stereocenters. The van der Waals surface area contributed by atoms with Crippen LogP contribution in [0.25, 0.3) is 16.8 Å². The molecule has 3 aromatic carbocycles. The first kappa shape index (κ1) is 17.3. The monoisotopic (exact) mass is 380 g/mol. The van der Waals surface area contributed by atoms with Gasteiger partial charge in [-0.3, -0.25) is 0 Å². The number of imidazole rings is 1. The number of urea groups is 1. The van der Waals surface area contributed by atoms with Crippen LogP contribution in [0, 0.1) is 6.92 Å².